The van der Waals surface area contributed by atoms with Gasteiger partial charge in [-0.25, -0.2) is 4.79 Å². The van der Waals surface area contributed by atoms with Crippen molar-refractivity contribution in [2.24, 2.45) is 11.8 Å². The molecule has 2 aromatic rings. The number of rotatable bonds is 4. The molecule has 9 heteroatoms. The molecule has 1 saturated heterocycles. The number of imide groups is 1. The van der Waals surface area contributed by atoms with E-state index in [1.165, 1.54) is 12.1 Å². The van der Waals surface area contributed by atoms with E-state index >= 15 is 0 Å². The summed E-state index contributed by atoms with van der Waals surface area (Å²) in [5.74, 6) is -4.23. The molecule has 2 heterocycles. The molecule has 0 N–H and O–H groups in total. The van der Waals surface area contributed by atoms with Gasteiger partial charge in [0.1, 0.15) is 6.61 Å². The summed E-state index contributed by atoms with van der Waals surface area (Å²) in [7, 11) is 0. The molecule has 4 rings (SSSR count). The number of alkyl halides is 3. The van der Waals surface area contributed by atoms with Gasteiger partial charge in [-0.05, 0) is 17.7 Å². The van der Waals surface area contributed by atoms with Gasteiger partial charge in [-0.2, -0.15) is 13.2 Å². The second kappa shape index (κ2) is 8.05. The van der Waals surface area contributed by atoms with E-state index in [1.807, 2.05) is 0 Å². The molecule has 162 valence electrons. The van der Waals surface area contributed by atoms with E-state index in [2.05, 4.69) is 0 Å². The number of likely N-dealkylation sites (tertiary alicyclic amines) is 1. The molecule has 2 aliphatic rings. The van der Waals surface area contributed by atoms with Gasteiger partial charge in [-0.1, -0.05) is 42.5 Å². The lowest BCUT2D eigenvalue weighted by Gasteiger charge is -2.24. The summed E-state index contributed by atoms with van der Waals surface area (Å²) in [4.78, 5) is 39.3. The van der Waals surface area contributed by atoms with Crippen LogP contribution in [0.1, 0.15) is 26.3 Å². The third kappa shape index (κ3) is 4.12. The summed E-state index contributed by atoms with van der Waals surface area (Å²) >= 11 is 0. The Hall–Kier alpha value is -3.36. The molecule has 2 atom stereocenters. The first-order chi connectivity index (χ1) is 14.8. The van der Waals surface area contributed by atoms with Gasteiger partial charge >= 0.3 is 12.3 Å². The van der Waals surface area contributed by atoms with Crippen LogP contribution in [0, 0.1) is 11.8 Å². The van der Waals surface area contributed by atoms with Crippen molar-refractivity contribution >= 4 is 17.9 Å². The van der Waals surface area contributed by atoms with Crippen molar-refractivity contribution in [3.8, 4) is 0 Å². The summed E-state index contributed by atoms with van der Waals surface area (Å²) in [6.07, 6.45) is -5.44. The van der Waals surface area contributed by atoms with Crippen molar-refractivity contribution in [1.82, 2.24) is 9.80 Å². The fourth-order valence-electron chi connectivity index (χ4n) is 4.03. The maximum absolute atomic E-state index is 13.7. The SMILES string of the molecule is O=C(OCc1ccccc1)N1C[C@H](CN2C(=O)c3ccccc3C2=O)[C@@H](C(F)(F)F)C1. The van der Waals surface area contributed by atoms with E-state index in [9.17, 15) is 27.6 Å². The van der Waals surface area contributed by atoms with E-state index in [0.717, 1.165) is 9.80 Å². The molecule has 3 amide bonds. The number of benzene rings is 2. The van der Waals surface area contributed by atoms with Crippen LogP contribution < -0.4 is 0 Å². The molecule has 0 radical (unpaired) electrons. The number of hydrogen-bond donors (Lipinski definition) is 0. The fourth-order valence-corrected chi connectivity index (χ4v) is 4.03. The third-order valence-corrected chi connectivity index (χ3v) is 5.62. The summed E-state index contributed by atoms with van der Waals surface area (Å²) in [6.45, 7) is -1.31. The molecule has 0 bridgehead atoms. The first-order valence-electron chi connectivity index (χ1n) is 9.73. The maximum atomic E-state index is 13.7. The highest BCUT2D eigenvalue weighted by Gasteiger charge is 2.52. The monoisotopic (exact) mass is 432 g/mol. The molecule has 2 aromatic carbocycles. The first-order valence-corrected chi connectivity index (χ1v) is 9.73. The number of hydrogen-bond acceptors (Lipinski definition) is 4. The smallest absolute Gasteiger partial charge is 0.410 e. The van der Waals surface area contributed by atoms with Crippen LogP contribution in [-0.2, 0) is 11.3 Å². The van der Waals surface area contributed by atoms with E-state index in [4.69, 9.17) is 4.74 Å². The Balaban J connectivity index is 1.46. The van der Waals surface area contributed by atoms with Crippen LogP contribution >= 0.6 is 0 Å². The minimum Gasteiger partial charge on any atom is -0.445 e. The lowest BCUT2D eigenvalue weighted by atomic mass is 9.95. The summed E-state index contributed by atoms with van der Waals surface area (Å²) < 4.78 is 46.1. The van der Waals surface area contributed by atoms with E-state index in [0.29, 0.717) is 5.56 Å². The number of halogens is 3. The number of amides is 3. The second-order valence-electron chi connectivity index (χ2n) is 7.62. The lowest BCUT2D eigenvalue weighted by Crippen LogP contribution is -2.40. The van der Waals surface area contributed by atoms with Crippen LogP contribution in [0.5, 0.6) is 0 Å². The van der Waals surface area contributed by atoms with E-state index in [-0.39, 0.29) is 24.3 Å². The third-order valence-electron chi connectivity index (χ3n) is 5.62. The number of nitrogens with zero attached hydrogens (tertiary/aromatic N) is 2. The number of fused-ring (bicyclic) bond motifs is 1. The van der Waals surface area contributed by atoms with Crippen LogP contribution in [0.25, 0.3) is 0 Å². The fraction of sp³-hybridized carbons (Fsp3) is 0.318. The van der Waals surface area contributed by atoms with Crippen LogP contribution in [0.3, 0.4) is 0 Å². The van der Waals surface area contributed by atoms with Crippen LogP contribution in [-0.4, -0.2) is 53.5 Å². The molecule has 31 heavy (non-hydrogen) atoms. The zero-order valence-electron chi connectivity index (χ0n) is 16.3. The zero-order chi connectivity index (χ0) is 22.2. The van der Waals surface area contributed by atoms with Crippen molar-refractivity contribution in [2.75, 3.05) is 19.6 Å². The average molecular weight is 432 g/mol. The molecule has 0 unspecified atom stereocenters. The van der Waals surface area contributed by atoms with Crippen LogP contribution in [0.15, 0.2) is 54.6 Å². The largest absolute Gasteiger partial charge is 0.445 e. The highest BCUT2D eigenvalue weighted by atomic mass is 19.4. The Morgan fingerprint density at radius 3 is 2.10 bits per heavy atom. The van der Waals surface area contributed by atoms with Crippen molar-refractivity contribution < 1.29 is 32.3 Å². The van der Waals surface area contributed by atoms with Crippen LogP contribution in [0.4, 0.5) is 18.0 Å². The van der Waals surface area contributed by atoms with Gasteiger partial charge in [-0.3, -0.25) is 14.5 Å². The zero-order valence-corrected chi connectivity index (χ0v) is 16.3. The Bertz CT molecular complexity index is 974. The molecule has 2 aliphatic heterocycles. The van der Waals surface area contributed by atoms with Crippen molar-refractivity contribution in [1.29, 1.82) is 0 Å². The van der Waals surface area contributed by atoms with Crippen molar-refractivity contribution in [3.63, 3.8) is 0 Å². The van der Waals surface area contributed by atoms with E-state index < -0.39 is 49.0 Å². The maximum Gasteiger partial charge on any atom is 0.410 e. The van der Waals surface area contributed by atoms with Gasteiger partial charge in [0.25, 0.3) is 11.8 Å². The normalized spacial score (nSPS) is 20.9. The lowest BCUT2D eigenvalue weighted by molar-refractivity contribution is -0.180. The van der Waals surface area contributed by atoms with Crippen LogP contribution in [0.2, 0.25) is 0 Å². The molecular formula is C22H19F3N2O4. The Morgan fingerprint density at radius 1 is 0.935 bits per heavy atom. The van der Waals surface area contributed by atoms with Gasteiger partial charge in [-0.15, -0.1) is 0 Å². The quantitative estimate of drug-likeness (QED) is 0.691. The highest BCUT2D eigenvalue weighted by molar-refractivity contribution is 6.21. The first kappa shape index (κ1) is 20.9. The standard InChI is InChI=1S/C22H19F3N2O4/c23-22(24,25)18-12-26(21(30)31-13-14-6-2-1-3-7-14)10-15(18)11-27-19(28)16-8-4-5-9-17(16)20(27)29/h1-9,15,18H,10-13H2/t15-,18+/m1/s1. The van der Waals surface area contributed by atoms with Gasteiger partial charge in [0.15, 0.2) is 0 Å². The molecule has 0 spiro atoms. The minimum atomic E-state index is -4.59. The number of carbonyl (C=O) groups is 3. The molecule has 0 aliphatic carbocycles. The molecule has 0 aromatic heterocycles. The van der Waals surface area contributed by atoms with Gasteiger partial charge in [0, 0.05) is 25.6 Å². The summed E-state index contributed by atoms with van der Waals surface area (Å²) in [6, 6.07) is 14.9. The molecule has 1 fully saturated rings. The Labute approximate surface area is 176 Å². The summed E-state index contributed by atoms with van der Waals surface area (Å²) in [5, 5.41) is 0. The van der Waals surface area contributed by atoms with Gasteiger partial charge in [0.2, 0.25) is 0 Å². The predicted octanol–water partition coefficient (Wildman–Crippen LogP) is 3.73. The summed E-state index contributed by atoms with van der Waals surface area (Å²) in [5.41, 5.74) is 1.06. The highest BCUT2D eigenvalue weighted by Crippen LogP contribution is 2.39. The second-order valence-corrected chi connectivity index (χ2v) is 7.62. The van der Waals surface area contributed by atoms with Gasteiger partial charge < -0.3 is 9.64 Å². The topological polar surface area (TPSA) is 66.9 Å². The molecular weight excluding hydrogens is 413 g/mol. The van der Waals surface area contributed by atoms with Crippen molar-refractivity contribution in [3.05, 3.63) is 71.3 Å². The number of carbonyl (C=O) groups excluding carboxylic acids is 3. The average Bonchev–Trinajstić information content (AvgIpc) is 3.29. The molecule has 6 nitrogen and oxygen atoms in total. The minimum absolute atomic E-state index is 0.0596. The predicted molar refractivity (Wildman–Crippen MR) is 103 cm³/mol. The Kier molecular flexibility index (Phi) is 5.43. The van der Waals surface area contributed by atoms with E-state index in [1.54, 1.807) is 42.5 Å². The molecule has 0 saturated carbocycles. The van der Waals surface area contributed by atoms with Crippen molar-refractivity contribution in [2.45, 2.75) is 12.8 Å². The van der Waals surface area contributed by atoms with Gasteiger partial charge in [0.05, 0.1) is 17.0 Å². The Morgan fingerprint density at radius 2 is 1.52 bits per heavy atom. The number of ether oxygens (including phenoxy) is 1.